The van der Waals surface area contributed by atoms with Crippen LogP contribution < -0.4 is 14.2 Å². The fourth-order valence-corrected chi connectivity index (χ4v) is 8.47. The van der Waals surface area contributed by atoms with Crippen LogP contribution >= 0.6 is 31.9 Å². The van der Waals surface area contributed by atoms with Gasteiger partial charge in [0.1, 0.15) is 0 Å². The third kappa shape index (κ3) is 7.89. The molecule has 1 saturated carbocycles. The first kappa shape index (κ1) is 35.7. The molecule has 51 heavy (non-hydrogen) atoms. The number of hydrogen-bond donors (Lipinski definition) is 1. The number of oxazole rings is 1. The lowest BCUT2D eigenvalue weighted by Crippen LogP contribution is -2.39. The van der Waals surface area contributed by atoms with Crippen molar-refractivity contribution < 1.29 is 26.7 Å². The van der Waals surface area contributed by atoms with Crippen LogP contribution in [0, 0.1) is 5.41 Å². The molecule has 10 heteroatoms. The zero-order chi connectivity index (χ0) is 35.8. The molecule has 0 spiro atoms. The van der Waals surface area contributed by atoms with E-state index in [0.29, 0.717) is 23.4 Å². The van der Waals surface area contributed by atoms with Crippen LogP contribution in [0.25, 0.3) is 39.4 Å². The fraction of sp³-hybridized carbons (Fsp3) is 0.293. The van der Waals surface area contributed by atoms with Gasteiger partial charge in [0, 0.05) is 27.6 Å². The van der Waals surface area contributed by atoms with Gasteiger partial charge in [-0.2, -0.15) is 8.42 Å². The van der Waals surface area contributed by atoms with Crippen LogP contribution in [0.5, 0.6) is 5.75 Å². The maximum absolute atomic E-state index is 12.3. The highest BCUT2D eigenvalue weighted by atomic mass is 79.9. The molecule has 7 rings (SSSR count). The quantitative estimate of drug-likeness (QED) is 0.111. The van der Waals surface area contributed by atoms with Gasteiger partial charge in [-0.3, -0.25) is 4.55 Å². The van der Waals surface area contributed by atoms with Gasteiger partial charge in [-0.1, -0.05) is 101 Å². The summed E-state index contributed by atoms with van der Waals surface area (Å²) < 4.78 is 51.1. The number of anilines is 1. The third-order valence-electron chi connectivity index (χ3n) is 10.3. The van der Waals surface area contributed by atoms with E-state index in [4.69, 9.17) is 9.15 Å². The minimum Gasteiger partial charge on any atom is -0.439 e. The summed E-state index contributed by atoms with van der Waals surface area (Å²) in [5, 5.41) is 0. The first-order valence-corrected chi connectivity index (χ1v) is 20.7. The molecular weight excluding hydrogens is 792 g/mol. The minimum absolute atomic E-state index is 0.176. The number of rotatable bonds is 10. The van der Waals surface area contributed by atoms with E-state index in [-0.39, 0.29) is 5.41 Å². The first-order valence-electron chi connectivity index (χ1n) is 17.5. The third-order valence-corrected chi connectivity index (χ3v) is 11.9. The van der Waals surface area contributed by atoms with E-state index in [1.807, 2.05) is 54.6 Å². The second-order valence-electron chi connectivity index (χ2n) is 13.6. The van der Waals surface area contributed by atoms with Crippen molar-refractivity contribution in [1.29, 1.82) is 0 Å². The summed E-state index contributed by atoms with van der Waals surface area (Å²) in [4.78, 5) is 2.34. The summed E-state index contributed by atoms with van der Waals surface area (Å²) in [6.45, 7) is 5.20. The maximum Gasteiger partial charge on any atom is 0.375 e. The van der Waals surface area contributed by atoms with Crippen molar-refractivity contribution in [3.63, 3.8) is 0 Å². The number of fused-ring (bicyclic) bond motifs is 2. The van der Waals surface area contributed by atoms with Gasteiger partial charge in [0.15, 0.2) is 5.75 Å². The van der Waals surface area contributed by atoms with Crippen LogP contribution in [0.2, 0.25) is 0 Å². The average Bonchev–Trinajstić information content (AvgIpc) is 3.63. The molecule has 0 radical (unpaired) electrons. The molecule has 264 valence electrons. The molecule has 1 aliphatic heterocycles. The minimum atomic E-state index is -4.39. The molecule has 5 aromatic rings. The van der Waals surface area contributed by atoms with E-state index >= 15 is 0 Å². The largest absolute Gasteiger partial charge is 0.439 e. The molecule has 2 aliphatic rings. The number of aromatic nitrogens is 1. The Morgan fingerprint density at radius 1 is 0.863 bits per heavy atom. The van der Waals surface area contributed by atoms with Crippen LogP contribution in [0.1, 0.15) is 64.7 Å². The molecule has 7 nitrogen and oxygen atoms in total. The lowest BCUT2D eigenvalue weighted by atomic mass is 9.72. The summed E-state index contributed by atoms with van der Waals surface area (Å²) in [5.74, 6) is 1.22. The smallest absolute Gasteiger partial charge is 0.375 e. The Labute approximate surface area is 316 Å². The number of halogens is 2. The lowest BCUT2D eigenvalue weighted by Gasteiger charge is -2.40. The Morgan fingerprint density at radius 3 is 2.08 bits per heavy atom. The van der Waals surface area contributed by atoms with Crippen LogP contribution in [-0.4, -0.2) is 19.5 Å². The molecule has 1 fully saturated rings. The molecule has 0 saturated heterocycles. The lowest BCUT2D eigenvalue weighted by molar-refractivity contribution is -0.658. The van der Waals surface area contributed by atoms with Gasteiger partial charge >= 0.3 is 16.0 Å². The zero-order valence-electron chi connectivity index (χ0n) is 28.7. The van der Waals surface area contributed by atoms with E-state index in [1.165, 1.54) is 36.7 Å². The number of nitrogens with zero attached hydrogens (tertiary/aromatic N) is 2. The maximum atomic E-state index is 12.3. The van der Waals surface area contributed by atoms with Gasteiger partial charge in [0.05, 0.1) is 11.8 Å². The Bertz CT molecular complexity index is 2240. The molecule has 2 heterocycles. The summed E-state index contributed by atoms with van der Waals surface area (Å²) >= 11 is 7.04. The molecule has 0 atom stereocenters. The van der Waals surface area contributed by atoms with Crippen molar-refractivity contribution in [3.05, 3.63) is 117 Å². The monoisotopic (exact) mass is 831 g/mol. The number of benzene rings is 4. The highest BCUT2D eigenvalue weighted by Crippen LogP contribution is 2.47. The SMILES string of the molecule is CCC(/C=C1\Oc2ccc(-c3ccc(Br)cc3)cc2N1CC1(CC)CCCCC1)=C\c1oc2ccc(-c3ccc(Br)cc3)cc2[n+]1CS(=O)(=O)O. The van der Waals surface area contributed by atoms with Gasteiger partial charge < -0.3 is 14.1 Å². The topological polar surface area (TPSA) is 83.9 Å². The first-order chi connectivity index (χ1) is 24.5. The summed E-state index contributed by atoms with van der Waals surface area (Å²) in [6, 6.07) is 28.3. The molecule has 1 aliphatic carbocycles. The summed E-state index contributed by atoms with van der Waals surface area (Å²) in [5.41, 5.74) is 7.31. The summed E-state index contributed by atoms with van der Waals surface area (Å²) in [7, 11) is -4.39. The summed E-state index contributed by atoms with van der Waals surface area (Å²) in [6.07, 6.45) is 11.7. The second-order valence-corrected chi connectivity index (χ2v) is 16.9. The predicted molar refractivity (Wildman–Crippen MR) is 211 cm³/mol. The standard InChI is InChI=1S/C41H40Br2N2O5S/c1-3-28(23-40-45(27-51(46,47)48)36-25-32(13-19-38(36)50-40)30-10-16-34(43)17-11-30)22-39-44(26-41(4-2)20-6-5-7-21-41)35-24-31(12-18-37(35)49-39)29-8-14-33(42)15-9-29/h8-19,22-25H,3-7,20-21,26-27H2,1-2H3/p+1. The Kier molecular flexibility index (Phi) is 10.3. The highest BCUT2D eigenvalue weighted by Gasteiger charge is 2.37. The van der Waals surface area contributed by atoms with Crippen molar-refractivity contribution in [2.45, 2.75) is 64.7 Å². The van der Waals surface area contributed by atoms with Crippen molar-refractivity contribution in [1.82, 2.24) is 0 Å². The molecule has 0 bridgehead atoms. The molecule has 0 amide bonds. The predicted octanol–water partition coefficient (Wildman–Crippen LogP) is 11.3. The average molecular weight is 834 g/mol. The van der Waals surface area contributed by atoms with Gasteiger partial charge in [-0.15, -0.1) is 4.57 Å². The van der Waals surface area contributed by atoms with Crippen molar-refractivity contribution in [2.24, 2.45) is 5.41 Å². The van der Waals surface area contributed by atoms with E-state index in [2.05, 4.69) is 93.1 Å². The number of allylic oxidation sites excluding steroid dienone is 2. The van der Waals surface area contributed by atoms with Crippen LogP contribution in [-0.2, 0) is 16.0 Å². The number of ether oxygens (including phenoxy) is 1. The van der Waals surface area contributed by atoms with E-state index in [1.54, 1.807) is 0 Å². The molecule has 1 aromatic heterocycles. The van der Waals surface area contributed by atoms with E-state index in [0.717, 1.165) is 67.1 Å². The Hall–Kier alpha value is -3.70. The molecule has 0 unspecified atom stereocenters. The molecule has 4 aromatic carbocycles. The van der Waals surface area contributed by atoms with Crippen molar-refractivity contribution in [2.75, 3.05) is 11.4 Å². The molecule has 1 N–H and O–H groups in total. The van der Waals surface area contributed by atoms with Crippen molar-refractivity contribution in [3.8, 4) is 28.0 Å². The Morgan fingerprint density at radius 2 is 1.47 bits per heavy atom. The highest BCUT2D eigenvalue weighted by molar-refractivity contribution is 9.10. The van der Waals surface area contributed by atoms with E-state index < -0.39 is 16.0 Å². The van der Waals surface area contributed by atoms with Crippen molar-refractivity contribution >= 4 is 64.8 Å². The second kappa shape index (κ2) is 14.7. The van der Waals surface area contributed by atoms with E-state index in [9.17, 15) is 13.0 Å². The fourth-order valence-electron chi connectivity index (χ4n) is 7.34. The van der Waals surface area contributed by atoms with Crippen LogP contribution in [0.4, 0.5) is 5.69 Å². The van der Waals surface area contributed by atoms with Crippen LogP contribution in [0.3, 0.4) is 0 Å². The molecular formula is C41H41Br2N2O5S+. The van der Waals surface area contributed by atoms with Gasteiger partial charge in [-0.05, 0) is 101 Å². The Balaban J connectivity index is 1.31. The van der Waals surface area contributed by atoms with Gasteiger partial charge in [0.2, 0.25) is 11.5 Å². The van der Waals surface area contributed by atoms with Gasteiger partial charge in [0.25, 0.3) is 11.4 Å². The zero-order valence-corrected chi connectivity index (χ0v) is 32.7. The normalized spacial score (nSPS) is 16.8. The van der Waals surface area contributed by atoms with Gasteiger partial charge in [-0.25, -0.2) is 0 Å². The number of hydrogen-bond acceptors (Lipinski definition) is 5. The van der Waals surface area contributed by atoms with Crippen LogP contribution in [0.15, 0.2) is 116 Å².